The lowest BCUT2D eigenvalue weighted by Gasteiger charge is -1.97. The first-order chi connectivity index (χ1) is 6.74. The van der Waals surface area contributed by atoms with E-state index in [-0.39, 0.29) is 5.82 Å². The zero-order valence-electron chi connectivity index (χ0n) is 7.71. The average Bonchev–Trinajstić information content (AvgIpc) is 2.61. The second-order valence-electron chi connectivity index (χ2n) is 3.11. The molecule has 14 heavy (non-hydrogen) atoms. The molecule has 0 amide bonds. The number of fused-ring (bicyclic) bond motifs is 1. The summed E-state index contributed by atoms with van der Waals surface area (Å²) in [5.74, 6) is -0.233. The Bertz CT molecular complexity index is 487. The van der Waals surface area contributed by atoms with Crippen LogP contribution in [-0.2, 0) is 6.42 Å². The summed E-state index contributed by atoms with van der Waals surface area (Å²) in [6.45, 7) is 1.98. The molecule has 0 saturated carbocycles. The molecule has 2 rings (SSSR count). The highest BCUT2D eigenvalue weighted by molar-refractivity contribution is 7.20. The fourth-order valence-corrected chi connectivity index (χ4v) is 2.39. The van der Waals surface area contributed by atoms with Crippen LogP contribution in [0.2, 0.25) is 0 Å². The summed E-state index contributed by atoms with van der Waals surface area (Å²) in [7, 11) is 0. The van der Waals surface area contributed by atoms with Crippen molar-refractivity contribution in [3.05, 3.63) is 34.5 Å². The van der Waals surface area contributed by atoms with Crippen LogP contribution in [0.25, 0.3) is 10.1 Å². The predicted octanol–water partition coefficient (Wildman–Crippen LogP) is 3.42. The standard InChI is InChI=1S/C11H9FOS/c1-2-7-3-10(12)9-5-8(6-13)14-11(9)4-7/h3-6H,2H2,1H3. The molecule has 0 aliphatic heterocycles. The Labute approximate surface area is 85.2 Å². The number of thiophene rings is 1. The van der Waals surface area contributed by atoms with Gasteiger partial charge in [-0.15, -0.1) is 11.3 Å². The van der Waals surface area contributed by atoms with Gasteiger partial charge in [0.1, 0.15) is 5.82 Å². The van der Waals surface area contributed by atoms with Crippen molar-refractivity contribution >= 4 is 27.7 Å². The van der Waals surface area contributed by atoms with E-state index in [1.54, 1.807) is 6.07 Å². The minimum Gasteiger partial charge on any atom is -0.297 e. The van der Waals surface area contributed by atoms with Crippen molar-refractivity contribution in [2.75, 3.05) is 0 Å². The maximum absolute atomic E-state index is 13.5. The third-order valence-corrected chi connectivity index (χ3v) is 3.20. The monoisotopic (exact) mass is 208 g/mol. The molecule has 0 aliphatic rings. The zero-order valence-corrected chi connectivity index (χ0v) is 8.53. The van der Waals surface area contributed by atoms with Gasteiger partial charge in [-0.1, -0.05) is 6.92 Å². The van der Waals surface area contributed by atoms with Gasteiger partial charge in [0.15, 0.2) is 6.29 Å². The molecule has 0 saturated heterocycles. The highest BCUT2D eigenvalue weighted by atomic mass is 32.1. The summed E-state index contributed by atoms with van der Waals surface area (Å²) in [6, 6.07) is 5.07. The van der Waals surface area contributed by atoms with E-state index in [4.69, 9.17) is 0 Å². The van der Waals surface area contributed by atoms with Crippen molar-refractivity contribution in [1.29, 1.82) is 0 Å². The van der Waals surface area contributed by atoms with Crippen LogP contribution in [0.4, 0.5) is 4.39 Å². The number of carbonyl (C=O) groups excluding carboxylic acids is 1. The van der Waals surface area contributed by atoms with Crippen LogP contribution in [0.5, 0.6) is 0 Å². The molecule has 1 nitrogen and oxygen atoms in total. The first-order valence-corrected chi connectivity index (χ1v) is 5.23. The van der Waals surface area contributed by atoms with Crippen LogP contribution in [0.15, 0.2) is 18.2 Å². The van der Waals surface area contributed by atoms with Crippen LogP contribution in [0, 0.1) is 5.82 Å². The summed E-state index contributed by atoms with van der Waals surface area (Å²) in [5, 5.41) is 0.550. The van der Waals surface area contributed by atoms with Crippen molar-refractivity contribution < 1.29 is 9.18 Å². The molecule has 0 N–H and O–H groups in total. The Balaban J connectivity index is 2.73. The number of hydrogen-bond acceptors (Lipinski definition) is 2. The number of halogens is 1. The van der Waals surface area contributed by atoms with Gasteiger partial charge in [-0.25, -0.2) is 4.39 Å². The number of hydrogen-bond donors (Lipinski definition) is 0. The summed E-state index contributed by atoms with van der Waals surface area (Å²) < 4.78 is 14.3. The summed E-state index contributed by atoms with van der Waals surface area (Å²) >= 11 is 1.33. The molecule has 0 aliphatic carbocycles. The van der Waals surface area contributed by atoms with Crippen LogP contribution in [0.1, 0.15) is 22.2 Å². The van der Waals surface area contributed by atoms with E-state index in [9.17, 15) is 9.18 Å². The molecule has 2 aromatic rings. The number of carbonyl (C=O) groups is 1. The normalized spacial score (nSPS) is 10.7. The van der Waals surface area contributed by atoms with Crippen LogP contribution >= 0.6 is 11.3 Å². The minimum absolute atomic E-state index is 0.233. The highest BCUT2D eigenvalue weighted by Gasteiger charge is 2.07. The number of aryl methyl sites for hydroxylation is 1. The third-order valence-electron chi connectivity index (χ3n) is 2.19. The van der Waals surface area contributed by atoms with E-state index in [0.717, 1.165) is 23.0 Å². The maximum atomic E-state index is 13.5. The fourth-order valence-electron chi connectivity index (χ4n) is 1.43. The Morgan fingerprint density at radius 1 is 1.43 bits per heavy atom. The van der Waals surface area contributed by atoms with Crippen LogP contribution in [0.3, 0.4) is 0 Å². The van der Waals surface area contributed by atoms with Gasteiger partial charge in [-0.05, 0) is 30.2 Å². The lowest BCUT2D eigenvalue weighted by molar-refractivity contribution is 0.112. The second kappa shape index (κ2) is 3.50. The van der Waals surface area contributed by atoms with Gasteiger partial charge in [0.2, 0.25) is 0 Å². The molecule has 0 fully saturated rings. The molecular formula is C11H9FOS. The molecule has 1 aromatic carbocycles. The predicted molar refractivity (Wildman–Crippen MR) is 56.5 cm³/mol. The van der Waals surface area contributed by atoms with Crippen molar-refractivity contribution in [3.8, 4) is 0 Å². The lowest BCUT2D eigenvalue weighted by atomic mass is 10.1. The van der Waals surface area contributed by atoms with Gasteiger partial charge in [-0.2, -0.15) is 0 Å². The maximum Gasteiger partial charge on any atom is 0.160 e. The van der Waals surface area contributed by atoms with Crippen molar-refractivity contribution in [1.82, 2.24) is 0 Å². The van der Waals surface area contributed by atoms with E-state index in [0.29, 0.717) is 10.3 Å². The molecule has 0 atom stereocenters. The van der Waals surface area contributed by atoms with Gasteiger partial charge in [-0.3, -0.25) is 4.79 Å². The van der Waals surface area contributed by atoms with E-state index in [1.807, 2.05) is 13.0 Å². The number of rotatable bonds is 2. The zero-order chi connectivity index (χ0) is 10.1. The van der Waals surface area contributed by atoms with Crippen LogP contribution in [-0.4, -0.2) is 6.29 Å². The molecule has 1 aromatic heterocycles. The molecule has 0 spiro atoms. The molecule has 72 valence electrons. The largest absolute Gasteiger partial charge is 0.297 e. The first kappa shape index (κ1) is 9.34. The molecular weight excluding hydrogens is 199 g/mol. The number of aldehydes is 1. The van der Waals surface area contributed by atoms with Gasteiger partial charge in [0, 0.05) is 10.1 Å². The topological polar surface area (TPSA) is 17.1 Å². The number of benzene rings is 1. The molecule has 0 unspecified atom stereocenters. The molecule has 0 bridgehead atoms. The van der Waals surface area contributed by atoms with Crippen LogP contribution < -0.4 is 0 Å². The smallest absolute Gasteiger partial charge is 0.160 e. The van der Waals surface area contributed by atoms with Crippen molar-refractivity contribution in [2.24, 2.45) is 0 Å². The Morgan fingerprint density at radius 2 is 2.21 bits per heavy atom. The van der Waals surface area contributed by atoms with Gasteiger partial charge < -0.3 is 0 Å². The first-order valence-electron chi connectivity index (χ1n) is 4.41. The lowest BCUT2D eigenvalue weighted by Crippen LogP contribution is -1.82. The molecule has 3 heteroatoms. The Kier molecular flexibility index (Phi) is 2.33. The van der Waals surface area contributed by atoms with Crippen molar-refractivity contribution in [2.45, 2.75) is 13.3 Å². The van der Waals surface area contributed by atoms with Gasteiger partial charge in [0.25, 0.3) is 0 Å². The average molecular weight is 208 g/mol. The summed E-state index contributed by atoms with van der Waals surface area (Å²) in [5.41, 5.74) is 0.967. The summed E-state index contributed by atoms with van der Waals surface area (Å²) in [4.78, 5) is 11.1. The SMILES string of the molecule is CCc1cc(F)c2cc(C=O)sc2c1. The van der Waals surface area contributed by atoms with E-state index < -0.39 is 0 Å². The minimum atomic E-state index is -0.233. The Hall–Kier alpha value is -1.22. The quantitative estimate of drug-likeness (QED) is 0.691. The van der Waals surface area contributed by atoms with Gasteiger partial charge in [0.05, 0.1) is 4.88 Å². The third kappa shape index (κ3) is 1.44. The fraction of sp³-hybridized carbons (Fsp3) is 0.182. The Morgan fingerprint density at radius 3 is 2.86 bits per heavy atom. The summed E-state index contributed by atoms with van der Waals surface area (Å²) in [6.07, 6.45) is 1.57. The molecule has 1 heterocycles. The highest BCUT2D eigenvalue weighted by Crippen LogP contribution is 2.28. The van der Waals surface area contributed by atoms with E-state index in [1.165, 1.54) is 17.4 Å². The van der Waals surface area contributed by atoms with E-state index >= 15 is 0 Å². The van der Waals surface area contributed by atoms with Crippen molar-refractivity contribution in [3.63, 3.8) is 0 Å². The second-order valence-corrected chi connectivity index (χ2v) is 4.22. The van der Waals surface area contributed by atoms with Gasteiger partial charge >= 0.3 is 0 Å². The molecule has 0 radical (unpaired) electrons. The van der Waals surface area contributed by atoms with E-state index in [2.05, 4.69) is 0 Å².